The van der Waals surface area contributed by atoms with Crippen molar-refractivity contribution in [2.45, 2.75) is 83.7 Å². The van der Waals surface area contributed by atoms with Crippen molar-refractivity contribution in [2.24, 2.45) is 0 Å². The first-order valence-electron chi connectivity index (χ1n) is 7.12. The second-order valence-electron chi connectivity index (χ2n) is 6.70. The summed E-state index contributed by atoms with van der Waals surface area (Å²) in [6.07, 6.45) is 2.46. The fourth-order valence-corrected chi connectivity index (χ4v) is 2.44. The summed E-state index contributed by atoms with van der Waals surface area (Å²) in [5.74, 6) is 0. The maximum Gasteiger partial charge on any atom is 0.192 e. The second-order valence-corrected chi connectivity index (χ2v) is 11.5. The predicted octanol–water partition coefficient (Wildman–Crippen LogP) is 3.31. The largest absolute Gasteiger partial charge is 0.414 e. The van der Waals surface area contributed by atoms with Gasteiger partial charge >= 0.3 is 0 Å². The molecule has 2 atom stereocenters. The molecule has 0 saturated heterocycles. The number of aliphatic hydroxyl groups is 2. The Kier molecular flexibility index (Phi) is 7.67. The molecule has 0 bridgehead atoms. The first-order chi connectivity index (χ1) is 8.12. The lowest BCUT2D eigenvalue weighted by Gasteiger charge is -2.37. The lowest BCUT2D eigenvalue weighted by atomic mass is 10.1. The summed E-state index contributed by atoms with van der Waals surface area (Å²) in [7, 11) is -1.82. The van der Waals surface area contributed by atoms with Crippen LogP contribution in [0.15, 0.2) is 0 Å². The minimum Gasteiger partial charge on any atom is -0.414 e. The van der Waals surface area contributed by atoms with Crippen LogP contribution in [0.1, 0.15) is 53.4 Å². The second kappa shape index (κ2) is 7.63. The monoisotopic (exact) mass is 276 g/mol. The summed E-state index contributed by atoms with van der Waals surface area (Å²) in [6, 6.07) is 0. The van der Waals surface area contributed by atoms with Crippen molar-refractivity contribution in [3.8, 4) is 0 Å². The molecular weight excluding hydrogens is 244 g/mol. The van der Waals surface area contributed by atoms with E-state index in [9.17, 15) is 10.2 Å². The molecule has 0 aromatic rings. The molecule has 0 saturated carbocycles. The number of unbranched alkanes of at least 4 members (excludes halogenated alkanes) is 2. The molecule has 0 fully saturated rings. The molecule has 18 heavy (non-hydrogen) atoms. The van der Waals surface area contributed by atoms with Gasteiger partial charge in [0.2, 0.25) is 0 Å². The third kappa shape index (κ3) is 6.32. The maximum absolute atomic E-state index is 9.89. The average Bonchev–Trinajstić information content (AvgIpc) is 2.24. The molecular formula is C14H32O3Si. The van der Waals surface area contributed by atoms with Crippen LogP contribution >= 0.6 is 0 Å². The molecule has 4 heteroatoms. The highest BCUT2D eigenvalue weighted by atomic mass is 28.4. The quantitative estimate of drug-likeness (QED) is 0.528. The minimum atomic E-state index is -1.82. The van der Waals surface area contributed by atoms with Gasteiger partial charge in [0.15, 0.2) is 8.32 Å². The van der Waals surface area contributed by atoms with Gasteiger partial charge in [-0.25, -0.2) is 0 Å². The van der Waals surface area contributed by atoms with Crippen molar-refractivity contribution in [2.75, 3.05) is 6.61 Å². The zero-order chi connectivity index (χ0) is 14.4. The number of hydrogen-bond acceptors (Lipinski definition) is 3. The fraction of sp³-hybridized carbons (Fsp3) is 1.00. The maximum atomic E-state index is 9.89. The topological polar surface area (TPSA) is 49.7 Å². The molecule has 0 aliphatic carbocycles. The van der Waals surface area contributed by atoms with Crippen molar-refractivity contribution >= 4 is 8.32 Å². The van der Waals surface area contributed by atoms with E-state index in [0.29, 0.717) is 6.42 Å². The molecule has 0 aromatic carbocycles. The molecule has 0 aliphatic heterocycles. The number of aliphatic hydroxyl groups excluding tert-OH is 2. The molecule has 110 valence electrons. The molecule has 2 N–H and O–H groups in total. The predicted molar refractivity (Wildman–Crippen MR) is 79.3 cm³/mol. The Morgan fingerprint density at radius 3 is 2.06 bits per heavy atom. The summed E-state index contributed by atoms with van der Waals surface area (Å²) in [5.41, 5.74) is 0. The molecule has 0 rings (SSSR count). The molecule has 0 aliphatic rings. The standard InChI is InChI=1S/C14H32O3Si/c1-7-8-9-10-12(15)13(16)11-17-18(5,6)14(2,3)4/h12-13,15-16H,7-11H2,1-6H3/t12-,13-/m1/s1. The first kappa shape index (κ1) is 18.1. The van der Waals surface area contributed by atoms with E-state index in [-0.39, 0.29) is 11.6 Å². The van der Waals surface area contributed by atoms with Gasteiger partial charge in [0.05, 0.1) is 12.7 Å². The van der Waals surface area contributed by atoms with Crippen molar-refractivity contribution in [1.29, 1.82) is 0 Å². The number of rotatable bonds is 8. The Bertz CT molecular complexity index is 224. The van der Waals surface area contributed by atoms with Gasteiger partial charge in [-0.3, -0.25) is 0 Å². The number of hydrogen-bond donors (Lipinski definition) is 2. The van der Waals surface area contributed by atoms with E-state index in [1.54, 1.807) is 0 Å². The van der Waals surface area contributed by atoms with E-state index >= 15 is 0 Å². The zero-order valence-electron chi connectivity index (χ0n) is 13.0. The van der Waals surface area contributed by atoms with Crippen molar-refractivity contribution in [3.05, 3.63) is 0 Å². The Morgan fingerprint density at radius 2 is 1.61 bits per heavy atom. The van der Waals surface area contributed by atoms with Crippen molar-refractivity contribution < 1.29 is 14.6 Å². The van der Waals surface area contributed by atoms with Gasteiger partial charge in [-0.15, -0.1) is 0 Å². The third-order valence-corrected chi connectivity index (χ3v) is 8.47. The van der Waals surface area contributed by atoms with Crippen LogP contribution in [0.3, 0.4) is 0 Å². The smallest absolute Gasteiger partial charge is 0.192 e. The van der Waals surface area contributed by atoms with Gasteiger partial charge in [0, 0.05) is 0 Å². The van der Waals surface area contributed by atoms with Gasteiger partial charge < -0.3 is 14.6 Å². The van der Waals surface area contributed by atoms with E-state index in [1.807, 2.05) is 0 Å². The summed E-state index contributed by atoms with van der Waals surface area (Å²) >= 11 is 0. The lowest BCUT2D eigenvalue weighted by molar-refractivity contribution is -0.0154. The van der Waals surface area contributed by atoms with Crippen LogP contribution in [0.25, 0.3) is 0 Å². The zero-order valence-corrected chi connectivity index (χ0v) is 14.0. The van der Waals surface area contributed by atoms with Crippen molar-refractivity contribution in [1.82, 2.24) is 0 Å². The summed E-state index contributed by atoms with van der Waals surface area (Å²) in [4.78, 5) is 0. The van der Waals surface area contributed by atoms with Crippen LogP contribution < -0.4 is 0 Å². The fourth-order valence-electron chi connectivity index (χ4n) is 1.42. The Balaban J connectivity index is 4.05. The van der Waals surface area contributed by atoms with Gasteiger partial charge in [-0.05, 0) is 24.6 Å². The van der Waals surface area contributed by atoms with E-state index in [4.69, 9.17) is 4.43 Å². The van der Waals surface area contributed by atoms with E-state index in [0.717, 1.165) is 19.3 Å². The molecule has 0 radical (unpaired) electrons. The van der Waals surface area contributed by atoms with Crippen LogP contribution in [0, 0.1) is 0 Å². The Labute approximate surface area is 114 Å². The summed E-state index contributed by atoms with van der Waals surface area (Å²) in [5, 5.41) is 19.9. The minimum absolute atomic E-state index is 0.139. The van der Waals surface area contributed by atoms with E-state index < -0.39 is 20.5 Å². The SMILES string of the molecule is CCCCC[C@@H](O)[C@H](O)CO[Si](C)(C)C(C)(C)C. The Hall–Kier alpha value is 0.0969. The molecule has 0 spiro atoms. The highest BCUT2D eigenvalue weighted by Crippen LogP contribution is 2.36. The molecule has 0 unspecified atom stereocenters. The van der Waals surface area contributed by atoms with E-state index in [1.165, 1.54) is 0 Å². The molecule has 0 heterocycles. The van der Waals surface area contributed by atoms with Crippen LogP contribution in [0.4, 0.5) is 0 Å². The van der Waals surface area contributed by atoms with Crippen LogP contribution in [0.5, 0.6) is 0 Å². The van der Waals surface area contributed by atoms with Crippen LogP contribution in [-0.2, 0) is 4.43 Å². The molecule has 0 aromatic heterocycles. The summed E-state index contributed by atoms with van der Waals surface area (Å²) < 4.78 is 5.91. The summed E-state index contributed by atoms with van der Waals surface area (Å²) in [6.45, 7) is 13.2. The van der Waals surface area contributed by atoms with Gasteiger partial charge in [0.25, 0.3) is 0 Å². The van der Waals surface area contributed by atoms with Gasteiger partial charge in [-0.1, -0.05) is 47.0 Å². The van der Waals surface area contributed by atoms with Gasteiger partial charge in [-0.2, -0.15) is 0 Å². The normalized spacial score (nSPS) is 16.7. The van der Waals surface area contributed by atoms with Crippen LogP contribution in [-0.4, -0.2) is 37.3 Å². The van der Waals surface area contributed by atoms with E-state index in [2.05, 4.69) is 40.8 Å². The van der Waals surface area contributed by atoms with Crippen LogP contribution in [0.2, 0.25) is 18.1 Å². The van der Waals surface area contributed by atoms with Gasteiger partial charge in [0.1, 0.15) is 6.10 Å². The highest BCUT2D eigenvalue weighted by Gasteiger charge is 2.37. The molecule has 0 amide bonds. The molecule has 3 nitrogen and oxygen atoms in total. The first-order valence-corrected chi connectivity index (χ1v) is 10.0. The highest BCUT2D eigenvalue weighted by molar-refractivity contribution is 6.74. The van der Waals surface area contributed by atoms with Crippen molar-refractivity contribution in [3.63, 3.8) is 0 Å². The Morgan fingerprint density at radius 1 is 1.06 bits per heavy atom. The third-order valence-electron chi connectivity index (χ3n) is 3.97. The average molecular weight is 276 g/mol. The lowest BCUT2D eigenvalue weighted by Crippen LogP contribution is -2.44.